The third-order valence-corrected chi connectivity index (χ3v) is 2.34. The molecule has 0 radical (unpaired) electrons. The Morgan fingerprint density at radius 3 is 1.29 bits per heavy atom. The summed E-state index contributed by atoms with van der Waals surface area (Å²) in [4.78, 5) is 0. The van der Waals surface area contributed by atoms with Crippen molar-refractivity contribution in [2.45, 2.75) is 33.4 Å². The average Bonchev–Trinajstić information content (AvgIpc) is 2.41. The van der Waals surface area contributed by atoms with Crippen molar-refractivity contribution in [3.8, 4) is 0 Å². The quantitative estimate of drug-likeness (QED) is 0.701. The zero-order chi connectivity index (χ0) is 12.5. The molecule has 0 aromatic carbocycles. The summed E-state index contributed by atoms with van der Waals surface area (Å²) in [7, 11) is 0. The van der Waals surface area contributed by atoms with Crippen LogP contribution in [0, 0.1) is 0 Å². The van der Waals surface area contributed by atoms with Gasteiger partial charge < -0.3 is 0 Å². The predicted molar refractivity (Wildman–Crippen MR) is 69.3 cm³/mol. The summed E-state index contributed by atoms with van der Waals surface area (Å²) in [5, 5.41) is 0. The van der Waals surface area contributed by atoms with Gasteiger partial charge in [-0.15, -0.1) is 9.13 Å². The molecule has 0 saturated carbocycles. The van der Waals surface area contributed by atoms with E-state index in [2.05, 4.69) is 54.7 Å². The first-order valence-corrected chi connectivity index (χ1v) is 6.21. The molecule has 2 aromatic rings. The van der Waals surface area contributed by atoms with E-state index in [0.717, 1.165) is 0 Å². The molecule has 90 valence electrons. The summed E-state index contributed by atoms with van der Waals surface area (Å²) >= 11 is 0. The van der Waals surface area contributed by atoms with E-state index in [4.69, 9.17) is 0 Å². The Morgan fingerprint density at radius 2 is 1.00 bits per heavy atom. The van der Waals surface area contributed by atoms with Crippen LogP contribution in [0.3, 0.4) is 0 Å². The number of hydrogen-bond acceptors (Lipinski definition) is 0. The Balaban J connectivity index is 0.000000437. The lowest BCUT2D eigenvalue weighted by molar-refractivity contribution is -0.941. The molecule has 0 bridgehead atoms. The van der Waals surface area contributed by atoms with E-state index in [1.807, 2.05) is 36.4 Å². The van der Waals surface area contributed by atoms with E-state index in [0.29, 0.717) is 6.17 Å². The zero-order valence-electron chi connectivity index (χ0n) is 11.0. The normalized spacial score (nSPS) is 9.65. The third-order valence-electron chi connectivity index (χ3n) is 2.34. The first-order chi connectivity index (χ1) is 8.29. The fourth-order valence-electron chi connectivity index (χ4n) is 1.48. The van der Waals surface area contributed by atoms with Crippen LogP contribution in [-0.2, 0) is 0 Å². The number of rotatable bonds is 2. The van der Waals surface area contributed by atoms with Gasteiger partial charge in [0, 0.05) is 24.3 Å². The van der Waals surface area contributed by atoms with E-state index in [9.17, 15) is 0 Å². The molecule has 0 unspecified atom stereocenters. The molecular formula is C15H22N2+2. The van der Waals surface area contributed by atoms with E-state index in [1.54, 1.807) is 0 Å². The topological polar surface area (TPSA) is 7.76 Å². The monoisotopic (exact) mass is 230 g/mol. The van der Waals surface area contributed by atoms with Crippen molar-refractivity contribution in [1.82, 2.24) is 0 Å². The summed E-state index contributed by atoms with van der Waals surface area (Å²) in [6.45, 7) is 6.42. The molecular weight excluding hydrogens is 208 g/mol. The first-order valence-electron chi connectivity index (χ1n) is 6.21. The van der Waals surface area contributed by atoms with Crippen molar-refractivity contribution < 1.29 is 9.13 Å². The second-order valence-corrected chi connectivity index (χ2v) is 3.98. The summed E-state index contributed by atoms with van der Waals surface area (Å²) < 4.78 is 4.33. The lowest BCUT2D eigenvalue weighted by atomic mass is 10.4. The molecule has 0 amide bonds. The van der Waals surface area contributed by atoms with Crippen molar-refractivity contribution in [1.29, 1.82) is 0 Å². The Hall–Kier alpha value is -1.70. The highest BCUT2D eigenvalue weighted by atomic mass is 15.2. The summed E-state index contributed by atoms with van der Waals surface area (Å²) in [6, 6.07) is 12.2. The summed E-state index contributed by atoms with van der Waals surface area (Å²) in [5.41, 5.74) is 0. The van der Waals surface area contributed by atoms with E-state index >= 15 is 0 Å². The van der Waals surface area contributed by atoms with Gasteiger partial charge >= 0.3 is 6.17 Å². The molecule has 0 aliphatic heterocycles. The molecule has 2 heteroatoms. The SMILES string of the molecule is CC([n+]1ccccc1)[n+]1ccccc1.CCC. The van der Waals surface area contributed by atoms with Crippen LogP contribution >= 0.6 is 0 Å². The standard InChI is InChI=1S/C12H14N2.C3H8/c1-12(13-8-4-2-5-9-13)14-10-6-3-7-11-14;1-3-2/h2-12H,1H3;3H2,1-2H3/q+2;. The molecule has 0 aliphatic rings. The van der Waals surface area contributed by atoms with Gasteiger partial charge in [0.1, 0.15) is 0 Å². The Bertz CT molecular complexity index is 358. The second kappa shape index (κ2) is 7.55. The third kappa shape index (κ3) is 4.35. The van der Waals surface area contributed by atoms with E-state index in [1.165, 1.54) is 6.42 Å². The van der Waals surface area contributed by atoms with Crippen molar-refractivity contribution in [2.75, 3.05) is 0 Å². The molecule has 2 nitrogen and oxygen atoms in total. The first kappa shape index (κ1) is 13.4. The molecule has 2 rings (SSSR count). The highest BCUT2D eigenvalue weighted by Crippen LogP contribution is 1.89. The van der Waals surface area contributed by atoms with E-state index < -0.39 is 0 Å². The van der Waals surface area contributed by atoms with Crippen LogP contribution in [0.5, 0.6) is 0 Å². The van der Waals surface area contributed by atoms with Crippen molar-refractivity contribution in [3.63, 3.8) is 0 Å². The van der Waals surface area contributed by atoms with Crippen LogP contribution in [0.15, 0.2) is 61.2 Å². The van der Waals surface area contributed by atoms with Crippen LogP contribution in [0.2, 0.25) is 0 Å². The Morgan fingerprint density at radius 1 is 0.706 bits per heavy atom. The smallest absolute Gasteiger partial charge is 0.144 e. The van der Waals surface area contributed by atoms with Gasteiger partial charge in [0.15, 0.2) is 24.8 Å². The van der Waals surface area contributed by atoms with Gasteiger partial charge in [0.05, 0.1) is 6.92 Å². The lowest BCUT2D eigenvalue weighted by Crippen LogP contribution is -2.54. The maximum Gasteiger partial charge on any atom is 0.349 e. The van der Waals surface area contributed by atoms with Gasteiger partial charge in [0.2, 0.25) is 0 Å². The maximum atomic E-state index is 2.17. The fraction of sp³-hybridized carbons (Fsp3) is 0.333. The number of nitrogens with zero attached hydrogens (tertiary/aromatic N) is 2. The average molecular weight is 230 g/mol. The van der Waals surface area contributed by atoms with Gasteiger partial charge in [0.25, 0.3) is 0 Å². The molecule has 0 fully saturated rings. The number of pyridine rings is 2. The van der Waals surface area contributed by atoms with Crippen molar-refractivity contribution >= 4 is 0 Å². The van der Waals surface area contributed by atoms with Crippen LogP contribution < -0.4 is 9.13 Å². The molecule has 0 saturated heterocycles. The van der Waals surface area contributed by atoms with Crippen LogP contribution in [0.1, 0.15) is 33.4 Å². The Labute approximate surface area is 104 Å². The molecule has 2 heterocycles. The second-order valence-electron chi connectivity index (χ2n) is 3.98. The minimum atomic E-state index is 0.317. The highest BCUT2D eigenvalue weighted by molar-refractivity contribution is 4.85. The molecule has 0 N–H and O–H groups in total. The minimum absolute atomic E-state index is 0.317. The maximum absolute atomic E-state index is 2.17. The lowest BCUT2D eigenvalue weighted by Gasteiger charge is -2.01. The molecule has 2 aromatic heterocycles. The number of aromatic nitrogens is 2. The van der Waals surface area contributed by atoms with Gasteiger partial charge in [-0.25, -0.2) is 0 Å². The van der Waals surface area contributed by atoms with Gasteiger partial charge in [-0.2, -0.15) is 0 Å². The van der Waals surface area contributed by atoms with Crippen LogP contribution in [-0.4, -0.2) is 0 Å². The van der Waals surface area contributed by atoms with Crippen LogP contribution in [0.25, 0.3) is 0 Å². The summed E-state index contributed by atoms with van der Waals surface area (Å²) in [6.07, 6.45) is 9.86. The molecule has 0 aliphatic carbocycles. The van der Waals surface area contributed by atoms with E-state index in [-0.39, 0.29) is 0 Å². The van der Waals surface area contributed by atoms with Gasteiger partial charge in [-0.05, 0) is 0 Å². The van der Waals surface area contributed by atoms with Crippen molar-refractivity contribution in [3.05, 3.63) is 61.2 Å². The van der Waals surface area contributed by atoms with Gasteiger partial charge in [-0.3, -0.25) is 0 Å². The minimum Gasteiger partial charge on any atom is -0.144 e. The number of hydrogen-bond donors (Lipinski definition) is 0. The largest absolute Gasteiger partial charge is 0.349 e. The summed E-state index contributed by atoms with van der Waals surface area (Å²) in [5.74, 6) is 0. The van der Waals surface area contributed by atoms with Gasteiger partial charge in [-0.1, -0.05) is 32.4 Å². The zero-order valence-corrected chi connectivity index (χ0v) is 11.0. The van der Waals surface area contributed by atoms with Crippen molar-refractivity contribution in [2.24, 2.45) is 0 Å². The predicted octanol–water partition coefficient (Wildman–Crippen LogP) is 2.74. The Kier molecular flexibility index (Phi) is 5.94. The molecule has 0 atom stereocenters. The highest BCUT2D eigenvalue weighted by Gasteiger charge is 2.18. The molecule has 17 heavy (non-hydrogen) atoms. The fourth-order valence-corrected chi connectivity index (χ4v) is 1.48. The molecule has 0 spiro atoms. The van der Waals surface area contributed by atoms with Crippen LogP contribution in [0.4, 0.5) is 0 Å².